The van der Waals surface area contributed by atoms with Gasteiger partial charge in [-0.3, -0.25) is 0 Å². The molecule has 0 atom stereocenters. The van der Waals surface area contributed by atoms with E-state index in [1.807, 2.05) is 39.0 Å². The predicted octanol–water partition coefficient (Wildman–Crippen LogP) is 3.55. The van der Waals surface area contributed by atoms with Crippen molar-refractivity contribution < 1.29 is 9.53 Å². The molecule has 2 nitrogen and oxygen atoms in total. The molecule has 0 N–H and O–H groups in total. The van der Waals surface area contributed by atoms with Crippen LogP contribution in [0.4, 0.5) is 0 Å². The van der Waals surface area contributed by atoms with Crippen LogP contribution in [0.1, 0.15) is 35.3 Å². The van der Waals surface area contributed by atoms with E-state index in [2.05, 4.69) is 12.1 Å². The first-order valence-electron chi connectivity index (χ1n) is 5.77. The molecule has 0 saturated heterocycles. The average molecular weight is 226 g/mol. The Morgan fingerprint density at radius 2 is 1.76 bits per heavy atom. The van der Waals surface area contributed by atoms with E-state index in [-0.39, 0.29) is 5.97 Å². The highest BCUT2D eigenvalue weighted by molar-refractivity contribution is 6.03. The summed E-state index contributed by atoms with van der Waals surface area (Å²) >= 11 is 0. The second-order valence-electron chi connectivity index (χ2n) is 5.06. The minimum absolute atomic E-state index is 0.209. The average Bonchev–Trinajstić information content (AvgIpc) is 2.49. The maximum absolute atomic E-state index is 11.9. The van der Waals surface area contributed by atoms with Gasteiger partial charge >= 0.3 is 5.97 Å². The highest BCUT2D eigenvalue weighted by Gasteiger charge is 2.39. The van der Waals surface area contributed by atoms with Crippen LogP contribution in [0.5, 0.6) is 0 Å². The zero-order valence-corrected chi connectivity index (χ0v) is 10.2. The van der Waals surface area contributed by atoms with Gasteiger partial charge in [0.1, 0.15) is 5.60 Å². The van der Waals surface area contributed by atoms with Crippen LogP contribution in [0, 0.1) is 6.92 Å². The van der Waals surface area contributed by atoms with Gasteiger partial charge in [0.05, 0.1) is 5.56 Å². The summed E-state index contributed by atoms with van der Waals surface area (Å²) in [6.07, 6.45) is 0. The number of aryl methyl sites for hydroxylation is 1. The lowest BCUT2D eigenvalue weighted by Crippen LogP contribution is -2.16. The summed E-state index contributed by atoms with van der Waals surface area (Å²) in [7, 11) is 0. The topological polar surface area (TPSA) is 26.3 Å². The minimum atomic E-state index is -0.528. The molecule has 1 aliphatic heterocycles. The van der Waals surface area contributed by atoms with Gasteiger partial charge in [-0.2, -0.15) is 0 Å². The molecule has 3 rings (SSSR count). The number of cyclic esters (lactones) is 1. The largest absolute Gasteiger partial charge is 0.451 e. The van der Waals surface area contributed by atoms with Crippen molar-refractivity contribution in [1.82, 2.24) is 0 Å². The number of hydrogen-bond donors (Lipinski definition) is 0. The van der Waals surface area contributed by atoms with E-state index in [4.69, 9.17) is 4.74 Å². The van der Waals surface area contributed by atoms with Crippen molar-refractivity contribution >= 4 is 16.7 Å². The molecule has 0 amide bonds. The van der Waals surface area contributed by atoms with Gasteiger partial charge in [0.15, 0.2) is 0 Å². The fourth-order valence-corrected chi connectivity index (χ4v) is 2.70. The normalized spacial score (nSPS) is 17.0. The van der Waals surface area contributed by atoms with Gasteiger partial charge in [0.2, 0.25) is 0 Å². The summed E-state index contributed by atoms with van der Waals surface area (Å²) in [5.74, 6) is -0.209. The summed E-state index contributed by atoms with van der Waals surface area (Å²) < 4.78 is 5.44. The lowest BCUT2D eigenvalue weighted by Gasteiger charge is -2.19. The van der Waals surface area contributed by atoms with E-state index >= 15 is 0 Å². The van der Waals surface area contributed by atoms with Crippen LogP contribution in [-0.2, 0) is 10.3 Å². The lowest BCUT2D eigenvalue weighted by atomic mass is 9.88. The molecule has 0 fully saturated rings. The number of carbonyl (C=O) groups excluding carboxylic acids is 1. The zero-order valence-electron chi connectivity index (χ0n) is 10.2. The highest BCUT2D eigenvalue weighted by atomic mass is 16.6. The third-order valence-corrected chi connectivity index (χ3v) is 3.42. The second-order valence-corrected chi connectivity index (χ2v) is 5.06. The molecule has 0 aromatic heterocycles. The summed E-state index contributed by atoms with van der Waals surface area (Å²) in [6.45, 7) is 5.91. The first-order chi connectivity index (χ1) is 8.00. The smallest absolute Gasteiger partial charge is 0.339 e. The molecule has 2 aromatic rings. The van der Waals surface area contributed by atoms with Crippen molar-refractivity contribution in [3.8, 4) is 0 Å². The Labute approximate surface area is 100 Å². The van der Waals surface area contributed by atoms with E-state index in [1.165, 1.54) is 5.39 Å². The summed E-state index contributed by atoms with van der Waals surface area (Å²) in [5.41, 5.74) is 2.32. The zero-order chi connectivity index (χ0) is 12.2. The van der Waals surface area contributed by atoms with E-state index in [0.29, 0.717) is 5.56 Å². The highest BCUT2D eigenvalue weighted by Crippen LogP contribution is 2.41. The van der Waals surface area contributed by atoms with Crippen LogP contribution >= 0.6 is 0 Å². The third kappa shape index (κ3) is 1.30. The van der Waals surface area contributed by atoms with Crippen molar-refractivity contribution in [3.63, 3.8) is 0 Å². The number of ether oxygens (including phenoxy) is 1. The van der Waals surface area contributed by atoms with Gasteiger partial charge in [-0.05, 0) is 43.2 Å². The number of fused-ring (bicyclic) bond motifs is 3. The Morgan fingerprint density at radius 3 is 2.47 bits per heavy atom. The first-order valence-corrected chi connectivity index (χ1v) is 5.77. The van der Waals surface area contributed by atoms with Gasteiger partial charge in [0, 0.05) is 5.56 Å². The molecule has 17 heavy (non-hydrogen) atoms. The van der Waals surface area contributed by atoms with Crippen molar-refractivity contribution in [2.45, 2.75) is 26.4 Å². The van der Waals surface area contributed by atoms with Crippen LogP contribution in [0.3, 0.4) is 0 Å². The van der Waals surface area contributed by atoms with Gasteiger partial charge < -0.3 is 4.74 Å². The van der Waals surface area contributed by atoms with Crippen molar-refractivity contribution in [1.29, 1.82) is 0 Å². The standard InChI is InChI=1S/C15H14O2/c1-9-8-12-13(15(2,3)17-14(12)16)11-7-5-4-6-10(9)11/h4-8H,1-3H3. The van der Waals surface area contributed by atoms with Crippen LogP contribution in [0.2, 0.25) is 0 Å². The van der Waals surface area contributed by atoms with Crippen molar-refractivity contribution in [2.24, 2.45) is 0 Å². The Balaban J connectivity index is 2.51. The summed E-state index contributed by atoms with van der Waals surface area (Å²) in [6, 6.07) is 10.1. The summed E-state index contributed by atoms with van der Waals surface area (Å²) in [4.78, 5) is 11.9. The molecule has 0 spiro atoms. The monoisotopic (exact) mass is 226 g/mol. The number of esters is 1. The maximum atomic E-state index is 11.9. The van der Waals surface area contributed by atoms with E-state index in [9.17, 15) is 4.79 Å². The quantitative estimate of drug-likeness (QED) is 0.642. The first kappa shape index (κ1) is 10.3. The van der Waals surface area contributed by atoms with E-state index < -0.39 is 5.60 Å². The summed E-state index contributed by atoms with van der Waals surface area (Å²) in [5, 5.41) is 2.32. The molecule has 0 unspecified atom stereocenters. The van der Waals surface area contributed by atoms with Crippen LogP contribution in [0.25, 0.3) is 10.8 Å². The van der Waals surface area contributed by atoms with Crippen LogP contribution < -0.4 is 0 Å². The van der Waals surface area contributed by atoms with Gasteiger partial charge in [-0.15, -0.1) is 0 Å². The molecule has 1 heterocycles. The fourth-order valence-electron chi connectivity index (χ4n) is 2.70. The second kappa shape index (κ2) is 3.10. The number of benzene rings is 2. The molecule has 1 aliphatic rings. The third-order valence-electron chi connectivity index (χ3n) is 3.42. The van der Waals surface area contributed by atoms with E-state index in [1.54, 1.807) is 0 Å². The van der Waals surface area contributed by atoms with E-state index in [0.717, 1.165) is 16.5 Å². The molecule has 0 bridgehead atoms. The Morgan fingerprint density at radius 1 is 1.12 bits per heavy atom. The Kier molecular flexibility index (Phi) is 1.88. The van der Waals surface area contributed by atoms with Gasteiger partial charge in [0.25, 0.3) is 0 Å². The molecule has 0 aliphatic carbocycles. The maximum Gasteiger partial charge on any atom is 0.339 e. The van der Waals surface area contributed by atoms with Crippen LogP contribution in [-0.4, -0.2) is 5.97 Å². The molecule has 2 aromatic carbocycles. The Bertz CT molecular complexity index is 639. The molecule has 0 radical (unpaired) electrons. The predicted molar refractivity (Wildman–Crippen MR) is 67.1 cm³/mol. The molecular formula is C15H14O2. The molecule has 2 heteroatoms. The lowest BCUT2D eigenvalue weighted by molar-refractivity contribution is 0.00995. The Hall–Kier alpha value is -1.83. The van der Waals surface area contributed by atoms with Gasteiger partial charge in [-0.1, -0.05) is 24.3 Å². The number of hydrogen-bond acceptors (Lipinski definition) is 2. The van der Waals surface area contributed by atoms with Crippen molar-refractivity contribution in [2.75, 3.05) is 0 Å². The molecule has 86 valence electrons. The SMILES string of the molecule is Cc1cc2c(c3ccccc13)C(C)(C)OC2=O. The fraction of sp³-hybridized carbons (Fsp3) is 0.267. The van der Waals surface area contributed by atoms with Crippen molar-refractivity contribution in [3.05, 3.63) is 47.0 Å². The molecule has 0 saturated carbocycles. The molecular weight excluding hydrogens is 212 g/mol. The number of carbonyl (C=O) groups is 1. The number of rotatable bonds is 0. The van der Waals surface area contributed by atoms with Gasteiger partial charge in [-0.25, -0.2) is 4.79 Å². The van der Waals surface area contributed by atoms with Crippen LogP contribution in [0.15, 0.2) is 30.3 Å². The minimum Gasteiger partial charge on any atom is -0.451 e.